The van der Waals surface area contributed by atoms with Crippen molar-refractivity contribution in [2.75, 3.05) is 0 Å². The van der Waals surface area contributed by atoms with Crippen molar-refractivity contribution in [1.82, 2.24) is 0 Å². The number of carbonyl (C=O) groups is 1. The Hall–Kier alpha value is -0.930. The van der Waals surface area contributed by atoms with Crippen LogP contribution < -0.4 is 0 Å². The van der Waals surface area contributed by atoms with Gasteiger partial charge in [-0.25, -0.2) is 0 Å². The highest BCUT2D eigenvalue weighted by Crippen LogP contribution is 2.21. The summed E-state index contributed by atoms with van der Waals surface area (Å²) in [5, 5.41) is 2.04. The van der Waals surface area contributed by atoms with E-state index in [2.05, 4.69) is 22.0 Å². The fourth-order valence-corrected chi connectivity index (χ4v) is 2.95. The van der Waals surface area contributed by atoms with Crippen molar-refractivity contribution >= 4 is 33.0 Å². The zero-order valence-electron chi connectivity index (χ0n) is 8.65. The van der Waals surface area contributed by atoms with E-state index in [1.54, 1.807) is 11.3 Å². The minimum absolute atomic E-state index is 0.213. The maximum Gasteiger partial charge on any atom is 0.163 e. The normalized spacial score (nSPS) is 10.3. The number of halogens is 1. The molecule has 0 amide bonds. The lowest BCUT2D eigenvalue weighted by Crippen LogP contribution is -1.99. The fraction of sp³-hybridized carbons (Fsp3) is 0.154. The van der Waals surface area contributed by atoms with Gasteiger partial charge >= 0.3 is 0 Å². The minimum Gasteiger partial charge on any atom is -0.294 e. The second kappa shape index (κ2) is 5.41. The molecule has 0 saturated carbocycles. The van der Waals surface area contributed by atoms with Crippen LogP contribution in [0.15, 0.2) is 46.3 Å². The number of carbonyl (C=O) groups excluding carboxylic acids is 1. The Morgan fingerprint density at radius 2 is 2.00 bits per heavy atom. The molecule has 1 nitrogen and oxygen atoms in total. The molecule has 3 heteroatoms. The Labute approximate surface area is 107 Å². The van der Waals surface area contributed by atoms with Gasteiger partial charge in [0.1, 0.15) is 0 Å². The topological polar surface area (TPSA) is 17.1 Å². The van der Waals surface area contributed by atoms with Crippen LogP contribution in [0.1, 0.15) is 21.7 Å². The number of Topliss-reactive ketones (excluding diaryl/α,β-unsaturated/α-hetero) is 1. The van der Waals surface area contributed by atoms with E-state index in [1.807, 2.05) is 35.7 Å². The molecular formula is C13H11BrOS. The molecule has 0 spiro atoms. The van der Waals surface area contributed by atoms with Gasteiger partial charge in [-0.2, -0.15) is 0 Å². The highest BCUT2D eigenvalue weighted by molar-refractivity contribution is 9.10. The SMILES string of the molecule is O=C(CCc1cc(Br)cs1)c1ccccc1. The van der Waals surface area contributed by atoms with Gasteiger partial charge in [-0.15, -0.1) is 11.3 Å². The average Bonchev–Trinajstić information content (AvgIpc) is 2.73. The summed E-state index contributed by atoms with van der Waals surface area (Å²) in [5.41, 5.74) is 0.804. The molecule has 0 saturated heterocycles. The third-order valence-corrected chi connectivity index (χ3v) is 4.07. The summed E-state index contributed by atoms with van der Waals surface area (Å²) in [6.45, 7) is 0. The van der Waals surface area contributed by atoms with E-state index in [-0.39, 0.29) is 5.78 Å². The van der Waals surface area contributed by atoms with Crippen molar-refractivity contribution in [2.45, 2.75) is 12.8 Å². The number of aryl methyl sites for hydroxylation is 1. The van der Waals surface area contributed by atoms with Gasteiger partial charge < -0.3 is 0 Å². The first-order chi connectivity index (χ1) is 7.75. The average molecular weight is 295 g/mol. The van der Waals surface area contributed by atoms with Gasteiger partial charge in [-0.3, -0.25) is 4.79 Å². The highest BCUT2D eigenvalue weighted by Gasteiger charge is 2.06. The summed E-state index contributed by atoms with van der Waals surface area (Å²) in [6, 6.07) is 11.5. The first-order valence-corrected chi connectivity index (χ1v) is 6.74. The molecule has 1 heterocycles. The van der Waals surface area contributed by atoms with Crippen LogP contribution in [0, 0.1) is 0 Å². The molecule has 2 aromatic rings. The van der Waals surface area contributed by atoms with Gasteiger partial charge in [-0.1, -0.05) is 30.3 Å². The maximum atomic E-state index is 11.8. The van der Waals surface area contributed by atoms with Crippen LogP contribution in [-0.4, -0.2) is 5.78 Å². The molecule has 1 aromatic heterocycles. The molecule has 0 aliphatic carbocycles. The van der Waals surface area contributed by atoms with Crippen LogP contribution in [0.2, 0.25) is 0 Å². The van der Waals surface area contributed by atoms with Crippen molar-refractivity contribution in [3.8, 4) is 0 Å². The molecule has 2 rings (SSSR count). The maximum absolute atomic E-state index is 11.8. The van der Waals surface area contributed by atoms with Crippen molar-refractivity contribution in [3.05, 3.63) is 56.7 Å². The molecule has 0 unspecified atom stereocenters. The molecule has 82 valence electrons. The van der Waals surface area contributed by atoms with E-state index in [9.17, 15) is 4.79 Å². The highest BCUT2D eigenvalue weighted by atomic mass is 79.9. The van der Waals surface area contributed by atoms with Crippen LogP contribution in [0.25, 0.3) is 0 Å². The van der Waals surface area contributed by atoms with E-state index in [4.69, 9.17) is 0 Å². The Kier molecular flexibility index (Phi) is 3.91. The Morgan fingerprint density at radius 3 is 2.62 bits per heavy atom. The first-order valence-electron chi connectivity index (χ1n) is 5.07. The first kappa shape index (κ1) is 11.6. The summed E-state index contributed by atoms with van der Waals surface area (Å²) < 4.78 is 1.10. The Bertz CT molecular complexity index is 476. The van der Waals surface area contributed by atoms with Crippen LogP contribution in [0.3, 0.4) is 0 Å². The third-order valence-electron chi connectivity index (χ3n) is 2.32. The van der Waals surface area contributed by atoms with E-state index in [1.165, 1.54) is 4.88 Å². The zero-order chi connectivity index (χ0) is 11.4. The Balaban J connectivity index is 1.94. The van der Waals surface area contributed by atoms with E-state index in [0.29, 0.717) is 6.42 Å². The van der Waals surface area contributed by atoms with Crippen LogP contribution in [0.5, 0.6) is 0 Å². The summed E-state index contributed by atoms with van der Waals surface area (Å²) in [5.74, 6) is 0.213. The number of ketones is 1. The lowest BCUT2D eigenvalue weighted by atomic mass is 10.1. The quantitative estimate of drug-likeness (QED) is 0.767. The predicted molar refractivity (Wildman–Crippen MR) is 71.1 cm³/mol. The van der Waals surface area contributed by atoms with Crippen LogP contribution in [-0.2, 0) is 6.42 Å². The summed E-state index contributed by atoms with van der Waals surface area (Å²) in [7, 11) is 0. The van der Waals surface area contributed by atoms with Gasteiger partial charge in [-0.05, 0) is 28.4 Å². The van der Waals surface area contributed by atoms with E-state index in [0.717, 1.165) is 16.5 Å². The summed E-state index contributed by atoms with van der Waals surface area (Å²) in [4.78, 5) is 13.1. The largest absolute Gasteiger partial charge is 0.294 e. The molecule has 0 aliphatic heterocycles. The smallest absolute Gasteiger partial charge is 0.163 e. The number of thiophene rings is 1. The lowest BCUT2D eigenvalue weighted by Gasteiger charge is -1.99. The van der Waals surface area contributed by atoms with Gasteiger partial charge in [0.2, 0.25) is 0 Å². The minimum atomic E-state index is 0.213. The number of rotatable bonds is 4. The van der Waals surface area contributed by atoms with E-state index >= 15 is 0 Å². The van der Waals surface area contributed by atoms with Gasteiger partial charge in [0, 0.05) is 26.7 Å². The predicted octanol–water partition coefficient (Wildman–Crippen LogP) is 4.33. The lowest BCUT2D eigenvalue weighted by molar-refractivity contribution is 0.0983. The monoisotopic (exact) mass is 294 g/mol. The fourth-order valence-electron chi connectivity index (χ4n) is 1.49. The van der Waals surface area contributed by atoms with Crippen LogP contribution in [0.4, 0.5) is 0 Å². The van der Waals surface area contributed by atoms with Crippen molar-refractivity contribution in [1.29, 1.82) is 0 Å². The summed E-state index contributed by atoms with van der Waals surface area (Å²) >= 11 is 5.10. The molecule has 0 N–H and O–H groups in total. The van der Waals surface area contributed by atoms with Crippen LogP contribution >= 0.6 is 27.3 Å². The van der Waals surface area contributed by atoms with E-state index < -0.39 is 0 Å². The molecule has 0 radical (unpaired) electrons. The number of benzene rings is 1. The standard InChI is InChI=1S/C13H11BrOS/c14-11-8-12(16-9-11)6-7-13(15)10-4-2-1-3-5-10/h1-5,8-9H,6-7H2. The second-order valence-electron chi connectivity index (χ2n) is 3.52. The second-order valence-corrected chi connectivity index (χ2v) is 5.43. The molecule has 0 atom stereocenters. The molecule has 16 heavy (non-hydrogen) atoms. The molecule has 0 fully saturated rings. The van der Waals surface area contributed by atoms with Gasteiger partial charge in [0.25, 0.3) is 0 Å². The third kappa shape index (κ3) is 3.03. The number of hydrogen-bond acceptors (Lipinski definition) is 2. The summed E-state index contributed by atoms with van der Waals surface area (Å²) in [6.07, 6.45) is 1.40. The zero-order valence-corrected chi connectivity index (χ0v) is 11.1. The van der Waals surface area contributed by atoms with Crippen molar-refractivity contribution < 1.29 is 4.79 Å². The Morgan fingerprint density at radius 1 is 1.25 bits per heavy atom. The van der Waals surface area contributed by atoms with Crippen molar-refractivity contribution in [2.24, 2.45) is 0 Å². The molecule has 0 aliphatic rings. The van der Waals surface area contributed by atoms with Gasteiger partial charge in [0.05, 0.1) is 0 Å². The molecule has 0 bridgehead atoms. The van der Waals surface area contributed by atoms with Gasteiger partial charge in [0.15, 0.2) is 5.78 Å². The van der Waals surface area contributed by atoms with Crippen molar-refractivity contribution in [3.63, 3.8) is 0 Å². The molecule has 1 aromatic carbocycles. The molecular weight excluding hydrogens is 284 g/mol. The number of hydrogen-bond donors (Lipinski definition) is 0.